The highest BCUT2D eigenvalue weighted by molar-refractivity contribution is 8.00. The zero-order valence-corrected chi connectivity index (χ0v) is 14.1. The topological polar surface area (TPSA) is 41.1 Å². The van der Waals surface area contributed by atoms with Crippen molar-refractivity contribution in [3.05, 3.63) is 29.6 Å². The predicted molar refractivity (Wildman–Crippen MR) is 89.7 cm³/mol. The first-order valence-corrected chi connectivity index (χ1v) is 8.61. The van der Waals surface area contributed by atoms with Crippen LogP contribution in [0.4, 0.5) is 10.1 Å². The van der Waals surface area contributed by atoms with Crippen LogP contribution in [0.5, 0.6) is 0 Å². The second-order valence-electron chi connectivity index (χ2n) is 4.97. The lowest BCUT2D eigenvalue weighted by atomic mass is 10.0. The fourth-order valence-corrected chi connectivity index (χ4v) is 3.06. The summed E-state index contributed by atoms with van der Waals surface area (Å²) in [6.45, 7) is 7.28. The zero-order valence-electron chi connectivity index (χ0n) is 13.3. The first kappa shape index (κ1) is 17.8. The highest BCUT2D eigenvalue weighted by Gasteiger charge is 2.26. The minimum absolute atomic E-state index is 0.0430. The van der Waals surface area contributed by atoms with Gasteiger partial charge in [0.2, 0.25) is 0 Å². The number of para-hydroxylation sites is 1. The molecule has 0 aromatic heterocycles. The molecule has 0 aliphatic heterocycles. The summed E-state index contributed by atoms with van der Waals surface area (Å²) in [5.41, 5.74) is 0.638. The van der Waals surface area contributed by atoms with Gasteiger partial charge in [-0.2, -0.15) is 11.8 Å². The SMILES string of the molecule is CCNc1c(F)cccc1C(=O)NCC(CC)(CC)SC. The normalized spacial score (nSPS) is 11.3. The van der Waals surface area contributed by atoms with Crippen molar-refractivity contribution in [3.8, 4) is 0 Å². The van der Waals surface area contributed by atoms with Crippen LogP contribution in [0.25, 0.3) is 0 Å². The van der Waals surface area contributed by atoms with Crippen LogP contribution < -0.4 is 10.6 Å². The van der Waals surface area contributed by atoms with E-state index in [-0.39, 0.29) is 16.3 Å². The van der Waals surface area contributed by atoms with Crippen LogP contribution in [0, 0.1) is 5.82 Å². The van der Waals surface area contributed by atoms with Gasteiger partial charge in [-0.15, -0.1) is 0 Å². The first-order chi connectivity index (χ1) is 10.0. The molecule has 21 heavy (non-hydrogen) atoms. The molecule has 2 N–H and O–H groups in total. The number of amides is 1. The fraction of sp³-hybridized carbons (Fsp3) is 0.562. The maximum absolute atomic E-state index is 13.8. The van der Waals surface area contributed by atoms with Gasteiger partial charge in [0.05, 0.1) is 11.3 Å². The molecular weight excluding hydrogens is 287 g/mol. The van der Waals surface area contributed by atoms with Crippen molar-refractivity contribution < 1.29 is 9.18 Å². The summed E-state index contributed by atoms with van der Waals surface area (Å²) < 4.78 is 13.9. The number of anilines is 1. The monoisotopic (exact) mass is 312 g/mol. The van der Waals surface area contributed by atoms with Crippen LogP contribution in [0.2, 0.25) is 0 Å². The van der Waals surface area contributed by atoms with E-state index in [9.17, 15) is 9.18 Å². The van der Waals surface area contributed by atoms with Gasteiger partial charge in [0, 0.05) is 17.8 Å². The summed E-state index contributed by atoms with van der Waals surface area (Å²) in [4.78, 5) is 12.4. The van der Waals surface area contributed by atoms with Gasteiger partial charge in [0.15, 0.2) is 0 Å². The average molecular weight is 312 g/mol. The molecule has 5 heteroatoms. The van der Waals surface area contributed by atoms with E-state index < -0.39 is 5.82 Å². The molecule has 118 valence electrons. The number of hydrogen-bond acceptors (Lipinski definition) is 3. The molecule has 0 saturated heterocycles. The van der Waals surface area contributed by atoms with E-state index >= 15 is 0 Å². The molecule has 0 unspecified atom stereocenters. The highest BCUT2D eigenvalue weighted by atomic mass is 32.2. The maximum Gasteiger partial charge on any atom is 0.253 e. The van der Waals surface area contributed by atoms with Gasteiger partial charge < -0.3 is 10.6 Å². The third-order valence-electron chi connectivity index (χ3n) is 3.90. The number of hydrogen-bond donors (Lipinski definition) is 2. The Hall–Kier alpha value is -1.23. The van der Waals surface area contributed by atoms with Crippen molar-refractivity contribution in [3.63, 3.8) is 0 Å². The Labute approximate surface area is 131 Å². The van der Waals surface area contributed by atoms with Crippen LogP contribution in [-0.4, -0.2) is 30.0 Å². The quantitative estimate of drug-likeness (QED) is 0.764. The van der Waals surface area contributed by atoms with Crippen LogP contribution in [0.15, 0.2) is 18.2 Å². The molecule has 0 fully saturated rings. The Morgan fingerprint density at radius 1 is 1.29 bits per heavy atom. The minimum atomic E-state index is -0.397. The third kappa shape index (κ3) is 4.37. The smallest absolute Gasteiger partial charge is 0.253 e. The number of benzene rings is 1. The summed E-state index contributed by atoms with van der Waals surface area (Å²) >= 11 is 1.77. The molecular formula is C16H25FN2OS. The number of thioether (sulfide) groups is 1. The van der Waals surface area contributed by atoms with Gasteiger partial charge in [-0.1, -0.05) is 19.9 Å². The number of carbonyl (C=O) groups is 1. The van der Waals surface area contributed by atoms with Gasteiger partial charge in [0.1, 0.15) is 5.82 Å². The highest BCUT2D eigenvalue weighted by Crippen LogP contribution is 2.29. The summed E-state index contributed by atoms with van der Waals surface area (Å²) in [7, 11) is 0. The van der Waals surface area contributed by atoms with Crippen LogP contribution >= 0.6 is 11.8 Å². The Kier molecular flexibility index (Phi) is 7.02. The number of halogens is 1. The Bertz CT molecular complexity index is 467. The van der Waals surface area contributed by atoms with Crippen LogP contribution in [0.3, 0.4) is 0 Å². The molecule has 0 aliphatic rings. The predicted octanol–water partition coefficient (Wildman–Crippen LogP) is 3.91. The summed E-state index contributed by atoms with van der Waals surface area (Å²) in [5, 5.41) is 5.88. The lowest BCUT2D eigenvalue weighted by Gasteiger charge is -2.30. The summed E-state index contributed by atoms with van der Waals surface area (Å²) in [5.74, 6) is -0.627. The van der Waals surface area contributed by atoms with Gasteiger partial charge >= 0.3 is 0 Å². The van der Waals surface area contributed by atoms with E-state index in [1.165, 1.54) is 6.07 Å². The van der Waals surface area contributed by atoms with E-state index in [2.05, 4.69) is 30.7 Å². The van der Waals surface area contributed by atoms with E-state index in [4.69, 9.17) is 0 Å². The zero-order chi connectivity index (χ0) is 15.9. The van der Waals surface area contributed by atoms with E-state index in [0.717, 1.165) is 12.8 Å². The second-order valence-corrected chi connectivity index (χ2v) is 6.24. The Balaban J connectivity index is 2.87. The standard InChI is InChI=1S/C16H25FN2OS/c1-5-16(6-2,21-4)11-19-15(20)12-9-8-10-13(17)14(12)18-7-3/h8-10,18H,5-7,11H2,1-4H3,(H,19,20). The largest absolute Gasteiger partial charge is 0.382 e. The molecule has 1 rings (SSSR count). The molecule has 1 amide bonds. The van der Waals surface area contributed by atoms with Crippen LogP contribution in [-0.2, 0) is 0 Å². The molecule has 0 heterocycles. The maximum atomic E-state index is 13.8. The summed E-state index contributed by atoms with van der Waals surface area (Å²) in [6, 6.07) is 4.57. The second kappa shape index (κ2) is 8.27. The van der Waals surface area contributed by atoms with Gasteiger partial charge in [-0.25, -0.2) is 4.39 Å². The molecule has 1 aromatic rings. The molecule has 0 saturated carbocycles. The average Bonchev–Trinajstić information content (AvgIpc) is 2.51. The van der Waals surface area contributed by atoms with Crippen molar-refractivity contribution in [2.24, 2.45) is 0 Å². The Morgan fingerprint density at radius 3 is 2.48 bits per heavy atom. The minimum Gasteiger partial charge on any atom is -0.382 e. The fourth-order valence-electron chi connectivity index (χ4n) is 2.27. The van der Waals surface area contributed by atoms with Crippen molar-refractivity contribution in [1.29, 1.82) is 0 Å². The van der Waals surface area contributed by atoms with E-state index in [1.807, 2.05) is 6.92 Å². The first-order valence-electron chi connectivity index (χ1n) is 7.39. The summed E-state index contributed by atoms with van der Waals surface area (Å²) in [6.07, 6.45) is 4.02. The van der Waals surface area contributed by atoms with Gasteiger partial charge in [0.25, 0.3) is 5.91 Å². The number of nitrogens with one attached hydrogen (secondary N) is 2. The third-order valence-corrected chi connectivity index (χ3v) is 5.49. The molecule has 0 radical (unpaired) electrons. The van der Waals surface area contributed by atoms with E-state index in [0.29, 0.717) is 18.7 Å². The van der Waals surface area contributed by atoms with Gasteiger partial charge in [-0.05, 0) is 38.2 Å². The molecule has 0 bridgehead atoms. The molecule has 0 spiro atoms. The Morgan fingerprint density at radius 2 is 1.95 bits per heavy atom. The molecule has 0 aliphatic carbocycles. The molecule has 3 nitrogen and oxygen atoms in total. The van der Waals surface area contributed by atoms with Crippen molar-refractivity contribution >= 4 is 23.4 Å². The van der Waals surface area contributed by atoms with Crippen molar-refractivity contribution in [1.82, 2.24) is 5.32 Å². The lowest BCUT2D eigenvalue weighted by Crippen LogP contribution is -2.39. The molecule has 1 aromatic carbocycles. The van der Waals surface area contributed by atoms with Gasteiger partial charge in [-0.3, -0.25) is 4.79 Å². The number of rotatable bonds is 8. The number of carbonyl (C=O) groups excluding carboxylic acids is 1. The molecule has 0 atom stereocenters. The van der Waals surface area contributed by atoms with E-state index in [1.54, 1.807) is 23.9 Å². The van der Waals surface area contributed by atoms with Crippen molar-refractivity contribution in [2.45, 2.75) is 38.4 Å². The van der Waals surface area contributed by atoms with Crippen LogP contribution in [0.1, 0.15) is 44.0 Å². The lowest BCUT2D eigenvalue weighted by molar-refractivity contribution is 0.0949. The van der Waals surface area contributed by atoms with Crippen molar-refractivity contribution in [2.75, 3.05) is 24.7 Å².